The van der Waals surface area contributed by atoms with E-state index in [-0.39, 0.29) is 4.90 Å². The summed E-state index contributed by atoms with van der Waals surface area (Å²) in [6.45, 7) is 1.04. The maximum Gasteiger partial charge on any atom is 0.244 e. The van der Waals surface area contributed by atoms with Crippen LogP contribution < -0.4 is 4.90 Å². The van der Waals surface area contributed by atoms with Crippen LogP contribution in [0.25, 0.3) is 10.2 Å². The van der Waals surface area contributed by atoms with E-state index in [9.17, 15) is 17.6 Å². The van der Waals surface area contributed by atoms with Crippen molar-refractivity contribution in [3.8, 4) is 0 Å². The molecule has 0 radical (unpaired) electrons. The van der Waals surface area contributed by atoms with E-state index in [1.54, 1.807) is 12.1 Å². The zero-order chi connectivity index (χ0) is 21.9. The van der Waals surface area contributed by atoms with Gasteiger partial charge in [-0.3, -0.25) is 9.69 Å². The van der Waals surface area contributed by atoms with Gasteiger partial charge in [0.2, 0.25) is 5.91 Å². The van der Waals surface area contributed by atoms with Gasteiger partial charge in [-0.05, 0) is 63.5 Å². The van der Waals surface area contributed by atoms with Crippen LogP contribution in [0.15, 0.2) is 47.4 Å². The Kier molecular flexibility index (Phi) is 7.07. The number of hydrogen-bond donors (Lipinski definition) is 0. The van der Waals surface area contributed by atoms with Crippen molar-refractivity contribution in [1.29, 1.82) is 0 Å². The molecule has 0 fully saturated rings. The number of benzene rings is 2. The molecule has 0 aliphatic carbocycles. The molecule has 0 aliphatic rings. The van der Waals surface area contributed by atoms with Gasteiger partial charge in [0.05, 0.1) is 14.6 Å². The maximum atomic E-state index is 13.1. The summed E-state index contributed by atoms with van der Waals surface area (Å²) in [6, 6.07) is 9.79. The zero-order valence-corrected chi connectivity index (χ0v) is 18.9. The van der Waals surface area contributed by atoms with Crippen molar-refractivity contribution in [1.82, 2.24) is 9.88 Å². The molecule has 1 aromatic heterocycles. The maximum absolute atomic E-state index is 13.1. The Morgan fingerprint density at radius 2 is 1.83 bits per heavy atom. The zero-order valence-electron chi connectivity index (χ0n) is 16.5. The first kappa shape index (κ1) is 22.6. The van der Waals surface area contributed by atoms with Crippen LogP contribution in [0.1, 0.15) is 6.42 Å². The van der Waals surface area contributed by atoms with E-state index in [0.717, 1.165) is 35.5 Å². The van der Waals surface area contributed by atoms with Crippen molar-refractivity contribution < 1.29 is 17.6 Å². The van der Waals surface area contributed by atoms with Gasteiger partial charge < -0.3 is 4.90 Å². The Balaban J connectivity index is 1.89. The van der Waals surface area contributed by atoms with Crippen molar-refractivity contribution >= 4 is 54.0 Å². The molecule has 0 saturated heterocycles. The van der Waals surface area contributed by atoms with Crippen LogP contribution in [0, 0.1) is 5.82 Å². The highest BCUT2D eigenvalue weighted by molar-refractivity contribution is 7.92. The van der Waals surface area contributed by atoms with Gasteiger partial charge in [-0.2, -0.15) is 0 Å². The second-order valence-corrected chi connectivity index (χ2v) is 10.4. The van der Waals surface area contributed by atoms with Gasteiger partial charge in [0.1, 0.15) is 17.1 Å². The first-order valence-corrected chi connectivity index (χ1v) is 12.0. The third-order valence-electron chi connectivity index (χ3n) is 4.36. The standard InChI is InChI=1S/C20H21ClFN3O3S2/c1-24(2)11-4-12-25(20-23-19-16(21)5-3-6-17(19)29-20)18(26)13-30(27,28)15-9-7-14(22)8-10-15/h3,5-10H,4,11-13H2,1-2H3. The van der Waals surface area contributed by atoms with E-state index >= 15 is 0 Å². The number of sulfone groups is 1. The smallest absolute Gasteiger partial charge is 0.244 e. The Bertz CT molecular complexity index is 1150. The quantitative estimate of drug-likeness (QED) is 0.469. The summed E-state index contributed by atoms with van der Waals surface area (Å²) in [6.07, 6.45) is 0.638. The minimum Gasteiger partial charge on any atom is -0.309 e. The molecule has 0 atom stereocenters. The third kappa shape index (κ3) is 5.34. The molecule has 0 spiro atoms. The molecule has 0 bridgehead atoms. The lowest BCUT2D eigenvalue weighted by molar-refractivity contribution is -0.116. The first-order valence-electron chi connectivity index (χ1n) is 9.16. The summed E-state index contributed by atoms with van der Waals surface area (Å²) in [7, 11) is -0.0879. The van der Waals surface area contributed by atoms with Gasteiger partial charge in [-0.25, -0.2) is 17.8 Å². The van der Waals surface area contributed by atoms with Gasteiger partial charge in [0, 0.05) is 6.54 Å². The van der Waals surface area contributed by atoms with Gasteiger partial charge in [0.15, 0.2) is 15.0 Å². The SMILES string of the molecule is CN(C)CCCN(C(=O)CS(=O)(=O)c1ccc(F)cc1)c1nc2c(Cl)cccc2s1. The van der Waals surface area contributed by atoms with Crippen molar-refractivity contribution in [2.75, 3.05) is 37.8 Å². The van der Waals surface area contributed by atoms with E-state index in [4.69, 9.17) is 11.6 Å². The van der Waals surface area contributed by atoms with Crippen molar-refractivity contribution in [3.63, 3.8) is 0 Å². The monoisotopic (exact) mass is 469 g/mol. The van der Waals surface area contributed by atoms with Crippen molar-refractivity contribution in [2.45, 2.75) is 11.3 Å². The van der Waals surface area contributed by atoms with Gasteiger partial charge in [-0.15, -0.1) is 0 Å². The molecule has 10 heteroatoms. The lowest BCUT2D eigenvalue weighted by Gasteiger charge is -2.21. The number of para-hydroxylation sites is 1. The van der Waals surface area contributed by atoms with Crippen LogP contribution in [0.3, 0.4) is 0 Å². The fourth-order valence-electron chi connectivity index (χ4n) is 2.86. The fraction of sp³-hybridized carbons (Fsp3) is 0.300. The van der Waals surface area contributed by atoms with Gasteiger partial charge >= 0.3 is 0 Å². The molecule has 3 rings (SSSR count). The van der Waals surface area contributed by atoms with E-state index < -0.39 is 27.3 Å². The minimum atomic E-state index is -3.93. The molecular weight excluding hydrogens is 449 g/mol. The largest absolute Gasteiger partial charge is 0.309 e. The number of anilines is 1. The molecule has 30 heavy (non-hydrogen) atoms. The number of fused-ring (bicyclic) bond motifs is 1. The number of carbonyl (C=O) groups excluding carboxylic acids is 1. The summed E-state index contributed by atoms with van der Waals surface area (Å²) >= 11 is 7.49. The number of carbonyl (C=O) groups is 1. The lowest BCUT2D eigenvalue weighted by atomic mass is 10.3. The second kappa shape index (κ2) is 9.38. The summed E-state index contributed by atoms with van der Waals surface area (Å²) in [5.41, 5.74) is 0.575. The average molecular weight is 470 g/mol. The normalized spacial score (nSPS) is 11.9. The molecule has 0 unspecified atom stereocenters. The number of rotatable bonds is 8. The molecule has 1 heterocycles. The number of amides is 1. The molecule has 2 aromatic carbocycles. The van der Waals surface area contributed by atoms with Crippen LogP contribution in [-0.2, 0) is 14.6 Å². The Morgan fingerprint density at radius 1 is 1.13 bits per heavy atom. The highest BCUT2D eigenvalue weighted by Crippen LogP contribution is 2.33. The number of nitrogens with zero attached hydrogens (tertiary/aromatic N) is 3. The molecule has 160 valence electrons. The van der Waals surface area contributed by atoms with Crippen LogP contribution in [0.2, 0.25) is 5.02 Å². The summed E-state index contributed by atoms with van der Waals surface area (Å²) < 4.78 is 39.3. The molecule has 6 nitrogen and oxygen atoms in total. The highest BCUT2D eigenvalue weighted by Gasteiger charge is 2.26. The highest BCUT2D eigenvalue weighted by atomic mass is 35.5. The van der Waals surface area contributed by atoms with E-state index in [0.29, 0.717) is 28.6 Å². The van der Waals surface area contributed by atoms with E-state index in [2.05, 4.69) is 4.98 Å². The fourth-order valence-corrected chi connectivity index (χ4v) is 5.36. The number of aromatic nitrogens is 1. The molecule has 3 aromatic rings. The van der Waals surface area contributed by atoms with Crippen molar-refractivity contribution in [2.24, 2.45) is 0 Å². The van der Waals surface area contributed by atoms with Gasteiger partial charge in [0.25, 0.3) is 0 Å². The lowest BCUT2D eigenvalue weighted by Crippen LogP contribution is -2.37. The summed E-state index contributed by atoms with van der Waals surface area (Å²) in [5.74, 6) is -1.87. The Morgan fingerprint density at radius 3 is 2.47 bits per heavy atom. The Labute approximate surface area is 183 Å². The molecule has 0 saturated carbocycles. The minimum absolute atomic E-state index is 0.0992. The van der Waals surface area contributed by atoms with Crippen LogP contribution in [-0.4, -0.2) is 57.1 Å². The van der Waals surface area contributed by atoms with Crippen LogP contribution in [0.5, 0.6) is 0 Å². The average Bonchev–Trinajstić information content (AvgIpc) is 3.10. The van der Waals surface area contributed by atoms with E-state index in [1.807, 2.05) is 25.1 Å². The number of halogens is 2. The molecule has 1 amide bonds. The second-order valence-electron chi connectivity index (χ2n) is 7.00. The molecular formula is C20H21ClFN3O3S2. The Hall–Kier alpha value is -2.07. The molecule has 0 N–H and O–H groups in total. The van der Waals surface area contributed by atoms with Crippen LogP contribution >= 0.6 is 22.9 Å². The van der Waals surface area contributed by atoms with Gasteiger partial charge in [-0.1, -0.05) is 29.0 Å². The number of thiazole rings is 1. The van der Waals surface area contributed by atoms with Crippen LogP contribution in [0.4, 0.5) is 9.52 Å². The predicted octanol–water partition coefficient (Wildman–Crippen LogP) is 3.85. The number of hydrogen-bond acceptors (Lipinski definition) is 6. The topological polar surface area (TPSA) is 70.6 Å². The van der Waals surface area contributed by atoms with Crippen molar-refractivity contribution in [3.05, 3.63) is 53.3 Å². The third-order valence-corrected chi connectivity index (χ3v) is 7.33. The van der Waals surface area contributed by atoms with E-state index in [1.165, 1.54) is 16.2 Å². The molecule has 0 aliphatic heterocycles. The first-order chi connectivity index (χ1) is 14.2. The predicted molar refractivity (Wildman–Crippen MR) is 119 cm³/mol. The summed E-state index contributed by atoms with van der Waals surface area (Å²) in [4.78, 5) is 20.8. The summed E-state index contributed by atoms with van der Waals surface area (Å²) in [5, 5.41) is 0.866.